The SMILES string of the molecule is O=C(CCC(=O)N1CCC(c2ccccc2)=N1)NC1CCSc2ccccc21. The van der Waals surface area contributed by atoms with Crippen LogP contribution in [0.1, 0.15) is 42.9 Å². The van der Waals surface area contributed by atoms with Crippen molar-refractivity contribution < 1.29 is 9.59 Å². The van der Waals surface area contributed by atoms with E-state index in [-0.39, 0.29) is 30.7 Å². The summed E-state index contributed by atoms with van der Waals surface area (Å²) in [4.78, 5) is 26.1. The van der Waals surface area contributed by atoms with Crippen molar-refractivity contribution in [3.8, 4) is 0 Å². The Morgan fingerprint density at radius 3 is 2.71 bits per heavy atom. The molecule has 0 radical (unpaired) electrons. The molecule has 2 aromatic rings. The second-order valence-corrected chi connectivity index (χ2v) is 8.11. The summed E-state index contributed by atoms with van der Waals surface area (Å²) in [6, 6.07) is 18.1. The Hall–Kier alpha value is -2.60. The number of amides is 2. The van der Waals surface area contributed by atoms with Gasteiger partial charge in [-0.1, -0.05) is 48.5 Å². The van der Waals surface area contributed by atoms with Crippen molar-refractivity contribution >= 4 is 29.3 Å². The minimum absolute atomic E-state index is 0.0366. The highest BCUT2D eigenvalue weighted by atomic mass is 32.2. The molecule has 0 aliphatic carbocycles. The van der Waals surface area contributed by atoms with Crippen LogP contribution in [0.4, 0.5) is 0 Å². The highest BCUT2D eigenvalue weighted by Gasteiger charge is 2.24. The molecule has 144 valence electrons. The summed E-state index contributed by atoms with van der Waals surface area (Å²) in [5, 5.41) is 9.05. The summed E-state index contributed by atoms with van der Waals surface area (Å²) in [5.41, 5.74) is 3.15. The molecule has 0 saturated carbocycles. The Bertz CT molecular complexity index is 898. The molecule has 2 aliphatic heterocycles. The van der Waals surface area contributed by atoms with E-state index in [4.69, 9.17) is 0 Å². The van der Waals surface area contributed by atoms with Crippen molar-refractivity contribution in [1.82, 2.24) is 10.3 Å². The third-order valence-electron chi connectivity index (χ3n) is 5.06. The number of carbonyl (C=O) groups is 2. The lowest BCUT2D eigenvalue weighted by Crippen LogP contribution is -2.32. The number of nitrogens with one attached hydrogen (secondary N) is 1. The van der Waals surface area contributed by atoms with Gasteiger partial charge in [0, 0.05) is 29.9 Å². The number of nitrogens with zero attached hydrogens (tertiary/aromatic N) is 2. The summed E-state index contributed by atoms with van der Waals surface area (Å²) in [6.45, 7) is 0.581. The van der Waals surface area contributed by atoms with Crippen molar-refractivity contribution in [3.63, 3.8) is 0 Å². The Morgan fingerprint density at radius 1 is 1.07 bits per heavy atom. The molecule has 0 aromatic heterocycles. The first-order valence-electron chi connectivity index (χ1n) is 9.65. The number of rotatable bonds is 5. The molecule has 1 unspecified atom stereocenters. The first kappa shape index (κ1) is 18.7. The molecule has 2 heterocycles. The Kier molecular flexibility index (Phi) is 5.76. The van der Waals surface area contributed by atoms with Crippen LogP contribution in [0.15, 0.2) is 64.6 Å². The van der Waals surface area contributed by atoms with Gasteiger partial charge in [0.05, 0.1) is 18.3 Å². The van der Waals surface area contributed by atoms with E-state index in [2.05, 4.69) is 22.6 Å². The molecule has 28 heavy (non-hydrogen) atoms. The van der Waals surface area contributed by atoms with Gasteiger partial charge in [-0.3, -0.25) is 9.59 Å². The van der Waals surface area contributed by atoms with Crippen LogP contribution >= 0.6 is 11.8 Å². The topological polar surface area (TPSA) is 61.8 Å². The molecule has 0 saturated heterocycles. The van der Waals surface area contributed by atoms with Gasteiger partial charge in [0.2, 0.25) is 11.8 Å². The lowest BCUT2D eigenvalue weighted by atomic mass is 10.0. The number of hydrogen-bond donors (Lipinski definition) is 1. The molecule has 2 amide bonds. The Morgan fingerprint density at radius 2 is 1.86 bits per heavy atom. The molecule has 1 atom stereocenters. The van der Waals surface area contributed by atoms with Gasteiger partial charge in [0.15, 0.2) is 0 Å². The molecule has 5 nitrogen and oxygen atoms in total. The second-order valence-electron chi connectivity index (χ2n) is 6.97. The monoisotopic (exact) mass is 393 g/mol. The van der Waals surface area contributed by atoms with Gasteiger partial charge in [-0.05, 0) is 23.6 Å². The van der Waals surface area contributed by atoms with Gasteiger partial charge in [-0.2, -0.15) is 5.10 Å². The predicted molar refractivity (Wildman–Crippen MR) is 111 cm³/mol. The fraction of sp³-hybridized carbons (Fsp3) is 0.318. The van der Waals surface area contributed by atoms with E-state index in [1.54, 1.807) is 0 Å². The van der Waals surface area contributed by atoms with Crippen molar-refractivity contribution in [3.05, 3.63) is 65.7 Å². The van der Waals surface area contributed by atoms with Crippen LogP contribution in [0.2, 0.25) is 0 Å². The highest BCUT2D eigenvalue weighted by molar-refractivity contribution is 7.99. The second kappa shape index (κ2) is 8.61. The van der Waals surface area contributed by atoms with Gasteiger partial charge in [-0.25, -0.2) is 5.01 Å². The third kappa shape index (κ3) is 4.28. The maximum Gasteiger partial charge on any atom is 0.243 e. The normalized spacial score (nSPS) is 18.4. The van der Waals surface area contributed by atoms with E-state index in [1.165, 1.54) is 15.5 Å². The van der Waals surface area contributed by atoms with Crippen molar-refractivity contribution in [2.24, 2.45) is 5.10 Å². The Balaban J connectivity index is 1.30. The van der Waals surface area contributed by atoms with Crippen molar-refractivity contribution in [2.45, 2.75) is 36.6 Å². The first-order chi connectivity index (χ1) is 13.7. The lowest BCUT2D eigenvalue weighted by molar-refractivity contribution is -0.133. The van der Waals surface area contributed by atoms with Gasteiger partial charge < -0.3 is 5.32 Å². The largest absolute Gasteiger partial charge is 0.349 e. The zero-order chi connectivity index (χ0) is 19.3. The van der Waals surface area contributed by atoms with Crippen LogP contribution in [-0.4, -0.2) is 34.8 Å². The Labute approximate surface area is 169 Å². The zero-order valence-corrected chi connectivity index (χ0v) is 16.5. The molecular formula is C22H23N3O2S. The fourth-order valence-electron chi connectivity index (χ4n) is 3.58. The number of benzene rings is 2. The minimum Gasteiger partial charge on any atom is -0.349 e. The van der Waals surface area contributed by atoms with Crippen LogP contribution in [-0.2, 0) is 9.59 Å². The molecule has 2 aromatic carbocycles. The van der Waals surface area contributed by atoms with E-state index in [1.807, 2.05) is 54.2 Å². The van der Waals surface area contributed by atoms with E-state index in [9.17, 15) is 9.59 Å². The van der Waals surface area contributed by atoms with Crippen molar-refractivity contribution in [2.75, 3.05) is 12.3 Å². The maximum atomic E-state index is 12.5. The smallest absolute Gasteiger partial charge is 0.243 e. The zero-order valence-electron chi connectivity index (χ0n) is 15.6. The maximum absolute atomic E-state index is 12.5. The highest BCUT2D eigenvalue weighted by Crippen LogP contribution is 2.35. The van der Waals surface area contributed by atoms with Crippen LogP contribution in [0.5, 0.6) is 0 Å². The molecule has 4 rings (SSSR count). The van der Waals surface area contributed by atoms with Crippen LogP contribution in [0, 0.1) is 0 Å². The average Bonchev–Trinajstić information content (AvgIpc) is 3.23. The molecule has 1 N–H and O–H groups in total. The number of hydrazone groups is 1. The summed E-state index contributed by atoms with van der Waals surface area (Å²) < 4.78 is 0. The third-order valence-corrected chi connectivity index (χ3v) is 6.18. The number of thioether (sulfide) groups is 1. The van der Waals surface area contributed by atoms with Gasteiger partial charge in [0.1, 0.15) is 0 Å². The van der Waals surface area contributed by atoms with Gasteiger partial charge in [-0.15, -0.1) is 11.8 Å². The van der Waals surface area contributed by atoms with Crippen LogP contribution in [0.25, 0.3) is 0 Å². The lowest BCUT2D eigenvalue weighted by Gasteiger charge is -2.25. The van der Waals surface area contributed by atoms with Crippen LogP contribution < -0.4 is 5.32 Å². The summed E-state index contributed by atoms with van der Waals surface area (Å²) in [5.74, 6) is 0.818. The molecule has 0 fully saturated rings. The minimum atomic E-state index is -0.0966. The number of carbonyl (C=O) groups excluding carboxylic acids is 2. The van der Waals surface area contributed by atoms with E-state index in [0.29, 0.717) is 6.54 Å². The quantitative estimate of drug-likeness (QED) is 0.841. The summed E-state index contributed by atoms with van der Waals surface area (Å²) >= 11 is 1.83. The van der Waals surface area contributed by atoms with Crippen molar-refractivity contribution in [1.29, 1.82) is 0 Å². The van der Waals surface area contributed by atoms with E-state index < -0.39 is 0 Å². The molecule has 0 bridgehead atoms. The molecular weight excluding hydrogens is 370 g/mol. The molecule has 2 aliphatic rings. The molecule has 6 heteroatoms. The first-order valence-corrected chi connectivity index (χ1v) is 10.6. The van der Waals surface area contributed by atoms with Gasteiger partial charge >= 0.3 is 0 Å². The predicted octanol–water partition coefficient (Wildman–Crippen LogP) is 3.76. The van der Waals surface area contributed by atoms with Crippen LogP contribution in [0.3, 0.4) is 0 Å². The average molecular weight is 394 g/mol. The molecule has 0 spiro atoms. The summed E-state index contributed by atoms with van der Waals surface area (Å²) in [7, 11) is 0. The summed E-state index contributed by atoms with van der Waals surface area (Å²) in [6.07, 6.45) is 2.04. The van der Waals surface area contributed by atoms with Gasteiger partial charge in [0.25, 0.3) is 0 Å². The number of hydrogen-bond acceptors (Lipinski definition) is 4. The van der Waals surface area contributed by atoms with E-state index in [0.717, 1.165) is 29.9 Å². The van der Waals surface area contributed by atoms with E-state index >= 15 is 0 Å². The standard InChI is InChI=1S/C22H23N3O2S/c26-21(23-19-13-15-28-20-9-5-4-8-17(19)20)10-11-22(27)25-14-12-18(24-25)16-6-2-1-3-7-16/h1-9,19H,10-15H2,(H,23,26). The number of fused-ring (bicyclic) bond motifs is 1. The fourth-order valence-corrected chi connectivity index (χ4v) is 4.70.